The Balaban J connectivity index is 1.77. The van der Waals surface area contributed by atoms with Crippen molar-refractivity contribution in [2.45, 2.75) is 25.3 Å². The maximum atomic E-state index is 11.9. The van der Waals surface area contributed by atoms with E-state index in [2.05, 4.69) is 9.98 Å². The Morgan fingerprint density at radius 3 is 2.16 bits per heavy atom. The molecule has 0 amide bonds. The topological polar surface area (TPSA) is 51.0 Å². The molecule has 0 aliphatic carbocycles. The molecule has 0 aliphatic rings. The van der Waals surface area contributed by atoms with Crippen LogP contribution in [0.3, 0.4) is 0 Å². The second-order valence-electron chi connectivity index (χ2n) is 5.67. The van der Waals surface area contributed by atoms with Crippen molar-refractivity contribution in [1.82, 2.24) is 0 Å². The molecule has 2 aromatic carbocycles. The first-order valence-electron chi connectivity index (χ1n) is 8.50. The number of rotatable bonds is 9. The first-order valence-corrected chi connectivity index (χ1v) is 8.50. The maximum Gasteiger partial charge on any atom is 0.330 e. The van der Waals surface area contributed by atoms with Gasteiger partial charge in [-0.05, 0) is 30.4 Å². The number of benzene rings is 2. The predicted octanol–water partition coefficient (Wildman–Crippen LogP) is 3.94. The van der Waals surface area contributed by atoms with Crippen LogP contribution < -0.4 is 0 Å². The van der Waals surface area contributed by atoms with Crippen molar-refractivity contribution in [2.75, 3.05) is 13.7 Å². The van der Waals surface area contributed by atoms with Gasteiger partial charge in [0, 0.05) is 19.0 Å². The zero-order valence-electron chi connectivity index (χ0n) is 14.5. The fourth-order valence-corrected chi connectivity index (χ4v) is 2.35. The van der Waals surface area contributed by atoms with Gasteiger partial charge in [0.25, 0.3) is 0 Å². The molecule has 0 aliphatic heterocycles. The largest absolute Gasteiger partial charge is 0.467 e. The Hall–Kier alpha value is -2.75. The molecule has 2 rings (SSSR count). The number of methoxy groups -OCH3 is 1. The number of carbonyl (C=O) groups is 1. The summed E-state index contributed by atoms with van der Waals surface area (Å²) in [7, 11) is 1.40. The predicted molar refractivity (Wildman–Crippen MR) is 103 cm³/mol. The minimum absolute atomic E-state index is 0.292. The van der Waals surface area contributed by atoms with Gasteiger partial charge in [0.2, 0.25) is 0 Å². The van der Waals surface area contributed by atoms with E-state index in [0.717, 1.165) is 30.5 Å². The van der Waals surface area contributed by atoms with Crippen LogP contribution >= 0.6 is 0 Å². The number of ether oxygens (including phenoxy) is 1. The fourth-order valence-electron chi connectivity index (χ4n) is 2.35. The lowest BCUT2D eigenvalue weighted by molar-refractivity contribution is -0.142. The van der Waals surface area contributed by atoms with Gasteiger partial charge in [-0.15, -0.1) is 0 Å². The zero-order valence-corrected chi connectivity index (χ0v) is 14.5. The quantitative estimate of drug-likeness (QED) is 0.396. The van der Waals surface area contributed by atoms with Crippen molar-refractivity contribution in [2.24, 2.45) is 9.98 Å². The van der Waals surface area contributed by atoms with Crippen LogP contribution in [0, 0.1) is 0 Å². The normalized spacial score (nSPS) is 12.5. The smallest absolute Gasteiger partial charge is 0.330 e. The average Bonchev–Trinajstić information content (AvgIpc) is 2.67. The van der Waals surface area contributed by atoms with Crippen LogP contribution in [0.1, 0.15) is 30.4 Å². The Bertz CT molecular complexity index is 682. The lowest BCUT2D eigenvalue weighted by Gasteiger charge is -2.09. The van der Waals surface area contributed by atoms with E-state index in [1.165, 1.54) is 7.11 Å². The summed E-state index contributed by atoms with van der Waals surface area (Å²) in [5.41, 5.74) is 2.08. The van der Waals surface area contributed by atoms with E-state index in [-0.39, 0.29) is 5.97 Å². The molecular weight excluding hydrogens is 312 g/mol. The number of nitrogens with zero attached hydrogens (tertiary/aromatic N) is 2. The maximum absolute atomic E-state index is 11.9. The molecule has 25 heavy (non-hydrogen) atoms. The van der Waals surface area contributed by atoms with E-state index in [4.69, 9.17) is 4.74 Å². The summed E-state index contributed by atoms with van der Waals surface area (Å²) in [6.07, 6.45) is 6.06. The highest BCUT2D eigenvalue weighted by Crippen LogP contribution is 2.08. The van der Waals surface area contributed by atoms with E-state index in [9.17, 15) is 4.79 Å². The third kappa shape index (κ3) is 7.12. The number of hydrogen-bond donors (Lipinski definition) is 0. The number of hydrogen-bond acceptors (Lipinski definition) is 4. The standard InChI is InChI=1S/C21H24N2O2/c1-25-21(24)20(23-17-19-12-6-3-7-13-19)14-8-9-15-22-16-18-10-4-2-5-11-18/h2-7,10-13,16-17,20H,8-9,14-15H2,1H3. The van der Waals surface area contributed by atoms with E-state index < -0.39 is 6.04 Å². The molecule has 130 valence electrons. The lowest BCUT2D eigenvalue weighted by Crippen LogP contribution is -2.20. The van der Waals surface area contributed by atoms with Crippen LogP contribution in [0.15, 0.2) is 70.6 Å². The summed E-state index contributed by atoms with van der Waals surface area (Å²) in [6.45, 7) is 0.741. The van der Waals surface area contributed by atoms with E-state index in [1.807, 2.05) is 66.9 Å². The van der Waals surface area contributed by atoms with Crippen LogP contribution in [0.5, 0.6) is 0 Å². The van der Waals surface area contributed by atoms with Crippen molar-refractivity contribution < 1.29 is 9.53 Å². The zero-order chi connectivity index (χ0) is 17.7. The van der Waals surface area contributed by atoms with Gasteiger partial charge in [-0.2, -0.15) is 0 Å². The average molecular weight is 336 g/mol. The SMILES string of the molecule is COC(=O)C(CCCCN=Cc1ccccc1)N=Cc1ccccc1. The van der Waals surface area contributed by atoms with Crippen LogP contribution in [0.4, 0.5) is 0 Å². The van der Waals surface area contributed by atoms with Gasteiger partial charge in [-0.1, -0.05) is 60.7 Å². The number of esters is 1. The van der Waals surface area contributed by atoms with Gasteiger partial charge in [-0.3, -0.25) is 9.98 Å². The minimum atomic E-state index is -0.455. The molecule has 0 bridgehead atoms. The van der Waals surface area contributed by atoms with Crippen LogP contribution in [0.25, 0.3) is 0 Å². The molecule has 0 saturated carbocycles. The van der Waals surface area contributed by atoms with Crippen molar-refractivity contribution in [1.29, 1.82) is 0 Å². The highest BCUT2D eigenvalue weighted by Gasteiger charge is 2.16. The van der Waals surface area contributed by atoms with E-state index in [0.29, 0.717) is 6.42 Å². The highest BCUT2D eigenvalue weighted by molar-refractivity contribution is 5.84. The molecule has 0 N–H and O–H groups in total. The molecule has 0 radical (unpaired) electrons. The molecule has 4 nitrogen and oxygen atoms in total. The van der Waals surface area contributed by atoms with Gasteiger partial charge < -0.3 is 4.74 Å². The first kappa shape index (κ1) is 18.6. The summed E-state index contributed by atoms with van der Waals surface area (Å²) in [4.78, 5) is 20.7. The molecular formula is C21H24N2O2. The molecule has 0 saturated heterocycles. The lowest BCUT2D eigenvalue weighted by atomic mass is 10.1. The summed E-state index contributed by atoms with van der Waals surface area (Å²) >= 11 is 0. The molecule has 1 atom stereocenters. The molecule has 0 spiro atoms. The van der Waals surface area contributed by atoms with Crippen molar-refractivity contribution in [3.63, 3.8) is 0 Å². The number of carbonyl (C=O) groups excluding carboxylic acids is 1. The minimum Gasteiger partial charge on any atom is -0.467 e. The van der Waals surface area contributed by atoms with Gasteiger partial charge in [-0.25, -0.2) is 4.79 Å². The number of unbranched alkanes of at least 4 members (excludes halogenated alkanes) is 1. The molecule has 0 heterocycles. The van der Waals surface area contributed by atoms with E-state index >= 15 is 0 Å². The van der Waals surface area contributed by atoms with Gasteiger partial charge in [0.05, 0.1) is 7.11 Å². The van der Waals surface area contributed by atoms with Gasteiger partial charge >= 0.3 is 5.97 Å². The molecule has 0 fully saturated rings. The monoisotopic (exact) mass is 336 g/mol. The van der Waals surface area contributed by atoms with Gasteiger partial charge in [0.15, 0.2) is 0 Å². The molecule has 2 aromatic rings. The number of aliphatic imine (C=N–C) groups is 2. The summed E-state index contributed by atoms with van der Waals surface area (Å²) in [6, 6.07) is 19.3. The Morgan fingerprint density at radius 1 is 0.960 bits per heavy atom. The highest BCUT2D eigenvalue weighted by atomic mass is 16.5. The van der Waals surface area contributed by atoms with Crippen molar-refractivity contribution in [3.8, 4) is 0 Å². The Morgan fingerprint density at radius 2 is 1.56 bits per heavy atom. The summed E-state index contributed by atoms with van der Waals surface area (Å²) < 4.78 is 4.85. The van der Waals surface area contributed by atoms with Gasteiger partial charge in [0.1, 0.15) is 6.04 Å². The Kier molecular flexibility index (Phi) is 8.12. The van der Waals surface area contributed by atoms with E-state index in [1.54, 1.807) is 6.21 Å². The summed E-state index contributed by atoms with van der Waals surface area (Å²) in [5, 5.41) is 0. The van der Waals surface area contributed by atoms with Crippen LogP contribution in [-0.4, -0.2) is 38.1 Å². The Labute approximate surface area is 149 Å². The molecule has 4 heteroatoms. The van der Waals surface area contributed by atoms with Crippen molar-refractivity contribution in [3.05, 3.63) is 71.8 Å². The first-order chi connectivity index (χ1) is 12.3. The molecule has 0 aromatic heterocycles. The van der Waals surface area contributed by atoms with Crippen molar-refractivity contribution >= 4 is 18.4 Å². The summed E-state index contributed by atoms with van der Waals surface area (Å²) in [5.74, 6) is -0.292. The third-order valence-corrected chi connectivity index (χ3v) is 3.73. The molecule has 1 unspecified atom stereocenters. The fraction of sp³-hybridized carbons (Fsp3) is 0.286. The van der Waals surface area contributed by atoms with Crippen LogP contribution in [-0.2, 0) is 9.53 Å². The van der Waals surface area contributed by atoms with Crippen LogP contribution in [0.2, 0.25) is 0 Å². The second-order valence-corrected chi connectivity index (χ2v) is 5.67. The third-order valence-electron chi connectivity index (χ3n) is 3.73. The second kappa shape index (κ2) is 10.9.